The van der Waals surface area contributed by atoms with Gasteiger partial charge in [-0.05, 0) is 50.2 Å². The number of piperidine rings is 1. The van der Waals surface area contributed by atoms with Crippen molar-refractivity contribution in [3.05, 3.63) is 29.8 Å². The topological polar surface area (TPSA) is 24.5 Å². The van der Waals surface area contributed by atoms with Crippen molar-refractivity contribution in [1.82, 2.24) is 10.2 Å². The van der Waals surface area contributed by atoms with Crippen molar-refractivity contribution in [2.45, 2.75) is 32.7 Å². The molecule has 0 aromatic heterocycles. The van der Waals surface area contributed by atoms with E-state index in [1.54, 1.807) is 0 Å². The molecule has 106 valence electrons. The molecular weight excluding hydrogens is 236 g/mol. The van der Waals surface area contributed by atoms with E-state index in [1.165, 1.54) is 37.9 Å². The van der Waals surface area contributed by atoms with Gasteiger partial charge in [0.05, 0.1) is 0 Å². The summed E-state index contributed by atoms with van der Waals surface area (Å²) in [4.78, 5) is 2.50. The summed E-state index contributed by atoms with van der Waals surface area (Å²) in [6.07, 6.45) is 4.09. The first-order valence-electron chi connectivity index (χ1n) is 7.53. The maximum Gasteiger partial charge on any atom is 0.119 e. The summed E-state index contributed by atoms with van der Waals surface area (Å²) in [6.45, 7) is 8.40. The van der Waals surface area contributed by atoms with Crippen LogP contribution < -0.4 is 10.1 Å². The Morgan fingerprint density at radius 3 is 2.53 bits per heavy atom. The molecule has 1 heterocycles. The largest absolute Gasteiger partial charge is 0.492 e. The zero-order valence-electron chi connectivity index (χ0n) is 12.0. The van der Waals surface area contributed by atoms with Gasteiger partial charge in [-0.25, -0.2) is 0 Å². The molecule has 3 heteroatoms. The number of likely N-dealkylation sites (tertiary alicyclic amines) is 1. The number of ether oxygens (including phenoxy) is 1. The van der Waals surface area contributed by atoms with Crippen LogP contribution in [0, 0.1) is 0 Å². The van der Waals surface area contributed by atoms with Crippen LogP contribution >= 0.6 is 0 Å². The van der Waals surface area contributed by atoms with Gasteiger partial charge in [-0.3, -0.25) is 4.90 Å². The highest BCUT2D eigenvalue weighted by atomic mass is 16.5. The van der Waals surface area contributed by atoms with Crippen LogP contribution in [0.5, 0.6) is 5.75 Å². The molecule has 2 rings (SSSR count). The smallest absolute Gasteiger partial charge is 0.119 e. The van der Waals surface area contributed by atoms with Crippen molar-refractivity contribution in [2.24, 2.45) is 0 Å². The SMILES string of the molecule is CCNCc1ccc(OCCN2CCCCC2)cc1. The van der Waals surface area contributed by atoms with E-state index in [9.17, 15) is 0 Å². The minimum Gasteiger partial charge on any atom is -0.492 e. The van der Waals surface area contributed by atoms with Gasteiger partial charge in [0.25, 0.3) is 0 Å². The van der Waals surface area contributed by atoms with Gasteiger partial charge >= 0.3 is 0 Å². The maximum atomic E-state index is 5.81. The molecule has 1 saturated heterocycles. The predicted octanol–water partition coefficient (Wildman–Crippen LogP) is 2.66. The zero-order valence-corrected chi connectivity index (χ0v) is 12.0. The summed E-state index contributed by atoms with van der Waals surface area (Å²) < 4.78 is 5.81. The van der Waals surface area contributed by atoms with Gasteiger partial charge in [0.15, 0.2) is 0 Å². The van der Waals surface area contributed by atoms with E-state index in [-0.39, 0.29) is 0 Å². The lowest BCUT2D eigenvalue weighted by Gasteiger charge is -2.26. The lowest BCUT2D eigenvalue weighted by atomic mass is 10.1. The number of rotatable bonds is 7. The van der Waals surface area contributed by atoms with Crippen molar-refractivity contribution >= 4 is 0 Å². The number of nitrogens with zero attached hydrogens (tertiary/aromatic N) is 1. The Labute approximate surface area is 116 Å². The third-order valence-electron chi connectivity index (χ3n) is 3.63. The van der Waals surface area contributed by atoms with Crippen molar-refractivity contribution < 1.29 is 4.74 Å². The zero-order chi connectivity index (χ0) is 13.3. The second kappa shape index (κ2) is 8.18. The predicted molar refractivity (Wildman–Crippen MR) is 79.6 cm³/mol. The van der Waals surface area contributed by atoms with Crippen molar-refractivity contribution in [1.29, 1.82) is 0 Å². The van der Waals surface area contributed by atoms with Crippen LogP contribution in [0.3, 0.4) is 0 Å². The first-order chi connectivity index (χ1) is 9.38. The normalized spacial score (nSPS) is 16.5. The van der Waals surface area contributed by atoms with Gasteiger partial charge in [0.2, 0.25) is 0 Å². The first-order valence-corrected chi connectivity index (χ1v) is 7.53. The molecule has 3 nitrogen and oxygen atoms in total. The van der Waals surface area contributed by atoms with Gasteiger partial charge in [-0.1, -0.05) is 25.5 Å². The molecule has 1 aromatic carbocycles. The molecule has 1 aliphatic heterocycles. The van der Waals surface area contributed by atoms with Crippen LogP contribution in [0.15, 0.2) is 24.3 Å². The maximum absolute atomic E-state index is 5.81. The quantitative estimate of drug-likeness (QED) is 0.817. The Kier molecular flexibility index (Phi) is 6.18. The molecule has 1 fully saturated rings. The highest BCUT2D eigenvalue weighted by molar-refractivity contribution is 5.27. The second-order valence-corrected chi connectivity index (χ2v) is 5.18. The molecule has 0 aliphatic carbocycles. The summed E-state index contributed by atoms with van der Waals surface area (Å²) in [6, 6.07) is 8.42. The lowest BCUT2D eigenvalue weighted by Crippen LogP contribution is -2.33. The average Bonchev–Trinajstić information content (AvgIpc) is 2.47. The number of hydrogen-bond acceptors (Lipinski definition) is 3. The van der Waals surface area contributed by atoms with Gasteiger partial charge in [0, 0.05) is 13.1 Å². The Morgan fingerprint density at radius 1 is 1.11 bits per heavy atom. The highest BCUT2D eigenvalue weighted by Crippen LogP contribution is 2.13. The Balaban J connectivity index is 1.67. The van der Waals surface area contributed by atoms with Gasteiger partial charge < -0.3 is 10.1 Å². The van der Waals surface area contributed by atoms with E-state index in [2.05, 4.69) is 41.4 Å². The molecule has 1 aromatic rings. The minimum atomic E-state index is 0.798. The Bertz CT molecular complexity index is 344. The molecule has 0 saturated carbocycles. The fourth-order valence-electron chi connectivity index (χ4n) is 2.45. The van der Waals surface area contributed by atoms with E-state index in [1.807, 2.05) is 0 Å². The van der Waals surface area contributed by atoms with Crippen molar-refractivity contribution in [2.75, 3.05) is 32.8 Å². The lowest BCUT2D eigenvalue weighted by molar-refractivity contribution is 0.183. The molecule has 0 amide bonds. The number of nitrogens with one attached hydrogen (secondary N) is 1. The molecule has 0 radical (unpaired) electrons. The van der Waals surface area contributed by atoms with Crippen LogP contribution in [0.2, 0.25) is 0 Å². The van der Waals surface area contributed by atoms with Crippen LogP contribution in [0.4, 0.5) is 0 Å². The van der Waals surface area contributed by atoms with Gasteiger partial charge in [-0.2, -0.15) is 0 Å². The van der Waals surface area contributed by atoms with Crippen LogP contribution in [0.1, 0.15) is 31.7 Å². The average molecular weight is 262 g/mol. The third-order valence-corrected chi connectivity index (χ3v) is 3.63. The summed E-state index contributed by atoms with van der Waals surface area (Å²) in [5.74, 6) is 0.984. The fraction of sp³-hybridized carbons (Fsp3) is 0.625. The van der Waals surface area contributed by atoms with Gasteiger partial charge in [-0.15, -0.1) is 0 Å². The molecular formula is C16H26N2O. The molecule has 1 N–H and O–H groups in total. The summed E-state index contributed by atoms with van der Waals surface area (Å²) in [5, 5.41) is 3.32. The summed E-state index contributed by atoms with van der Waals surface area (Å²) >= 11 is 0. The summed E-state index contributed by atoms with van der Waals surface area (Å²) in [5.41, 5.74) is 1.31. The van der Waals surface area contributed by atoms with Crippen LogP contribution in [-0.4, -0.2) is 37.7 Å². The van der Waals surface area contributed by atoms with Crippen LogP contribution in [-0.2, 0) is 6.54 Å². The molecule has 0 unspecified atom stereocenters. The van der Waals surface area contributed by atoms with Crippen LogP contribution in [0.25, 0.3) is 0 Å². The summed E-state index contributed by atoms with van der Waals surface area (Å²) in [7, 11) is 0. The molecule has 1 aliphatic rings. The fourth-order valence-corrected chi connectivity index (χ4v) is 2.45. The minimum absolute atomic E-state index is 0.798. The van der Waals surface area contributed by atoms with E-state index in [0.29, 0.717) is 0 Å². The monoisotopic (exact) mass is 262 g/mol. The Morgan fingerprint density at radius 2 is 1.84 bits per heavy atom. The first kappa shape index (κ1) is 14.4. The molecule has 0 spiro atoms. The van der Waals surface area contributed by atoms with E-state index >= 15 is 0 Å². The molecule has 0 atom stereocenters. The number of hydrogen-bond donors (Lipinski definition) is 1. The number of benzene rings is 1. The molecule has 19 heavy (non-hydrogen) atoms. The molecule has 0 bridgehead atoms. The van der Waals surface area contributed by atoms with E-state index in [0.717, 1.165) is 32.0 Å². The second-order valence-electron chi connectivity index (χ2n) is 5.18. The van der Waals surface area contributed by atoms with Crippen molar-refractivity contribution in [3.63, 3.8) is 0 Å². The van der Waals surface area contributed by atoms with Crippen molar-refractivity contribution in [3.8, 4) is 5.75 Å². The van der Waals surface area contributed by atoms with Gasteiger partial charge in [0.1, 0.15) is 12.4 Å². The standard InChI is InChI=1S/C16H26N2O/c1-2-17-14-15-6-8-16(9-7-15)19-13-12-18-10-4-3-5-11-18/h6-9,17H,2-5,10-14H2,1H3. The van der Waals surface area contributed by atoms with E-state index in [4.69, 9.17) is 4.74 Å². The Hall–Kier alpha value is -1.06. The third kappa shape index (κ3) is 5.21. The van der Waals surface area contributed by atoms with E-state index < -0.39 is 0 Å². The highest BCUT2D eigenvalue weighted by Gasteiger charge is 2.09.